The highest BCUT2D eigenvalue weighted by atomic mass is 32.1. The zero-order valence-electron chi connectivity index (χ0n) is 14.4. The molecule has 0 fully saturated rings. The lowest BCUT2D eigenvalue weighted by Gasteiger charge is -2.12. The van der Waals surface area contributed by atoms with Crippen LogP contribution in [0.1, 0.15) is 29.8 Å². The average molecular weight is 355 g/mol. The summed E-state index contributed by atoms with van der Waals surface area (Å²) in [7, 11) is 0. The van der Waals surface area contributed by atoms with Gasteiger partial charge in [-0.1, -0.05) is 31.5 Å². The minimum absolute atomic E-state index is 0.139. The summed E-state index contributed by atoms with van der Waals surface area (Å²) >= 11 is 5.10. The summed E-state index contributed by atoms with van der Waals surface area (Å²) in [6.07, 6.45) is 0. The molecule has 130 valence electrons. The van der Waals surface area contributed by atoms with Crippen LogP contribution >= 0.6 is 12.2 Å². The molecule has 0 aliphatic carbocycles. The molecule has 0 aliphatic rings. The van der Waals surface area contributed by atoms with Crippen molar-refractivity contribution in [3.63, 3.8) is 0 Å². The molecule has 0 saturated carbocycles. The van der Waals surface area contributed by atoms with Gasteiger partial charge in [-0.25, -0.2) is 0 Å². The van der Waals surface area contributed by atoms with Crippen LogP contribution in [-0.2, 0) is 4.79 Å². The van der Waals surface area contributed by atoms with E-state index in [1.807, 2.05) is 25.1 Å². The van der Waals surface area contributed by atoms with E-state index in [2.05, 4.69) is 16.0 Å². The maximum absolute atomic E-state index is 12.2. The normalized spacial score (nSPS) is 10.2. The van der Waals surface area contributed by atoms with Gasteiger partial charge in [-0.05, 0) is 55.5 Å². The van der Waals surface area contributed by atoms with Gasteiger partial charge < -0.3 is 16.0 Å². The van der Waals surface area contributed by atoms with E-state index in [-0.39, 0.29) is 22.8 Å². The largest absolute Gasteiger partial charge is 0.332 e. The number of thiocarbonyl (C=S) groups is 1. The number of rotatable bonds is 4. The molecule has 0 aliphatic heterocycles. The van der Waals surface area contributed by atoms with E-state index in [4.69, 9.17) is 12.2 Å². The fraction of sp³-hybridized carbons (Fsp3) is 0.211. The molecule has 2 rings (SSSR count). The highest BCUT2D eigenvalue weighted by Gasteiger charge is 2.09. The number of carbonyl (C=O) groups excluding carboxylic acids is 2. The smallest absolute Gasteiger partial charge is 0.255 e. The van der Waals surface area contributed by atoms with Crippen LogP contribution in [0.15, 0.2) is 48.5 Å². The summed E-state index contributed by atoms with van der Waals surface area (Å²) in [4.78, 5) is 23.8. The van der Waals surface area contributed by atoms with E-state index in [0.29, 0.717) is 11.3 Å². The molecule has 0 heterocycles. The molecule has 0 bridgehead atoms. The van der Waals surface area contributed by atoms with Gasteiger partial charge in [0, 0.05) is 22.9 Å². The zero-order valence-corrected chi connectivity index (χ0v) is 15.2. The Morgan fingerprint density at radius 3 is 2.12 bits per heavy atom. The second-order valence-corrected chi connectivity index (χ2v) is 6.41. The van der Waals surface area contributed by atoms with Crippen molar-refractivity contribution in [3.05, 3.63) is 59.7 Å². The lowest BCUT2D eigenvalue weighted by atomic mass is 10.1. The molecular weight excluding hydrogens is 334 g/mol. The van der Waals surface area contributed by atoms with E-state index in [1.165, 1.54) is 0 Å². The van der Waals surface area contributed by atoms with Crippen molar-refractivity contribution in [2.45, 2.75) is 20.8 Å². The highest BCUT2D eigenvalue weighted by molar-refractivity contribution is 7.80. The lowest BCUT2D eigenvalue weighted by molar-refractivity contribution is -0.122. The number of nitrogens with one attached hydrogen (secondary N) is 3. The summed E-state index contributed by atoms with van der Waals surface area (Å²) in [5.41, 5.74) is 3.04. The van der Waals surface area contributed by atoms with E-state index in [0.717, 1.165) is 11.3 Å². The van der Waals surface area contributed by atoms with Crippen LogP contribution in [0.4, 0.5) is 11.4 Å². The Labute approximate surface area is 152 Å². The van der Waals surface area contributed by atoms with Crippen LogP contribution in [0.3, 0.4) is 0 Å². The molecule has 3 N–H and O–H groups in total. The number of hydrogen-bond acceptors (Lipinski definition) is 3. The van der Waals surface area contributed by atoms with Crippen LogP contribution in [0.2, 0.25) is 0 Å². The van der Waals surface area contributed by atoms with Crippen molar-refractivity contribution in [3.8, 4) is 0 Å². The lowest BCUT2D eigenvalue weighted by Crippen LogP contribution is -2.36. The van der Waals surface area contributed by atoms with Gasteiger partial charge in [0.25, 0.3) is 5.91 Å². The first-order valence-corrected chi connectivity index (χ1v) is 8.36. The molecule has 0 spiro atoms. The maximum atomic E-state index is 12.2. The number of amides is 2. The predicted molar refractivity (Wildman–Crippen MR) is 105 cm³/mol. The standard InChI is InChI=1S/C19H21N3O2S/c1-12(2)17(23)22-19(25)21-16-9-7-15(8-10-16)20-18(24)14-6-4-5-13(3)11-14/h4-12H,1-3H3,(H,20,24)(H2,21,22,23,25). The van der Waals surface area contributed by atoms with Crippen molar-refractivity contribution in [1.82, 2.24) is 5.32 Å². The minimum atomic E-state index is -0.163. The number of benzene rings is 2. The van der Waals surface area contributed by atoms with E-state index < -0.39 is 0 Å². The summed E-state index contributed by atoms with van der Waals surface area (Å²) in [6, 6.07) is 14.5. The summed E-state index contributed by atoms with van der Waals surface area (Å²) < 4.78 is 0. The van der Waals surface area contributed by atoms with E-state index in [1.54, 1.807) is 44.2 Å². The summed E-state index contributed by atoms with van der Waals surface area (Å²) in [5.74, 6) is -0.442. The SMILES string of the molecule is Cc1cccc(C(=O)Nc2ccc(NC(=S)NC(=O)C(C)C)cc2)c1. The summed E-state index contributed by atoms with van der Waals surface area (Å²) in [6.45, 7) is 5.53. The first-order chi connectivity index (χ1) is 11.8. The first-order valence-electron chi connectivity index (χ1n) is 7.95. The number of hydrogen-bond donors (Lipinski definition) is 3. The second kappa shape index (κ2) is 8.39. The van der Waals surface area contributed by atoms with Crippen molar-refractivity contribution in [2.75, 3.05) is 10.6 Å². The predicted octanol–water partition coefficient (Wildman–Crippen LogP) is 3.72. The average Bonchev–Trinajstić information content (AvgIpc) is 2.56. The molecule has 2 aromatic carbocycles. The van der Waals surface area contributed by atoms with Crippen molar-refractivity contribution in [1.29, 1.82) is 0 Å². The van der Waals surface area contributed by atoms with E-state index >= 15 is 0 Å². The van der Waals surface area contributed by atoms with Crippen molar-refractivity contribution in [2.24, 2.45) is 5.92 Å². The van der Waals surface area contributed by atoms with Gasteiger partial charge in [0.15, 0.2) is 5.11 Å². The van der Waals surface area contributed by atoms with Gasteiger partial charge in [-0.2, -0.15) is 0 Å². The minimum Gasteiger partial charge on any atom is -0.332 e. The van der Waals surface area contributed by atoms with Gasteiger partial charge >= 0.3 is 0 Å². The molecule has 0 aromatic heterocycles. The van der Waals surface area contributed by atoms with Crippen molar-refractivity contribution < 1.29 is 9.59 Å². The molecule has 0 radical (unpaired) electrons. The third kappa shape index (κ3) is 5.69. The Kier molecular flexibility index (Phi) is 6.25. The Hall–Kier alpha value is -2.73. The highest BCUT2D eigenvalue weighted by Crippen LogP contribution is 2.15. The zero-order chi connectivity index (χ0) is 18.4. The first kappa shape index (κ1) is 18.6. The molecule has 5 nitrogen and oxygen atoms in total. The molecule has 0 unspecified atom stereocenters. The third-order valence-electron chi connectivity index (χ3n) is 3.44. The molecule has 2 amide bonds. The quantitative estimate of drug-likeness (QED) is 0.731. The van der Waals surface area contributed by atoms with Crippen molar-refractivity contribution >= 4 is 40.5 Å². The van der Waals surface area contributed by atoms with E-state index in [9.17, 15) is 9.59 Å². The second-order valence-electron chi connectivity index (χ2n) is 6.00. The van der Waals surface area contributed by atoms with Gasteiger partial charge in [0.2, 0.25) is 5.91 Å². The fourth-order valence-electron chi connectivity index (χ4n) is 2.05. The Bertz CT molecular complexity index is 786. The molecule has 2 aromatic rings. The Balaban J connectivity index is 1.94. The topological polar surface area (TPSA) is 70.2 Å². The number of anilines is 2. The maximum Gasteiger partial charge on any atom is 0.255 e. The van der Waals surface area contributed by atoms with Gasteiger partial charge in [0.1, 0.15) is 0 Å². The summed E-state index contributed by atoms with van der Waals surface area (Å²) in [5, 5.41) is 8.64. The Morgan fingerprint density at radius 1 is 0.960 bits per heavy atom. The van der Waals surface area contributed by atoms with Crippen LogP contribution in [0.25, 0.3) is 0 Å². The third-order valence-corrected chi connectivity index (χ3v) is 3.65. The van der Waals surface area contributed by atoms with Gasteiger partial charge in [0.05, 0.1) is 0 Å². The van der Waals surface area contributed by atoms with Crippen LogP contribution in [0, 0.1) is 12.8 Å². The molecule has 6 heteroatoms. The molecule has 0 saturated heterocycles. The number of aryl methyl sites for hydroxylation is 1. The molecule has 25 heavy (non-hydrogen) atoms. The number of carbonyl (C=O) groups is 2. The monoisotopic (exact) mass is 355 g/mol. The van der Waals surface area contributed by atoms with Crippen LogP contribution in [0.5, 0.6) is 0 Å². The fourth-order valence-corrected chi connectivity index (χ4v) is 2.26. The van der Waals surface area contributed by atoms with Gasteiger partial charge in [-0.3, -0.25) is 9.59 Å². The Morgan fingerprint density at radius 2 is 1.56 bits per heavy atom. The molecular formula is C19H21N3O2S. The van der Waals surface area contributed by atoms with Crippen LogP contribution < -0.4 is 16.0 Å². The molecule has 0 atom stereocenters. The van der Waals surface area contributed by atoms with Crippen LogP contribution in [-0.4, -0.2) is 16.9 Å². The van der Waals surface area contributed by atoms with Gasteiger partial charge in [-0.15, -0.1) is 0 Å².